The number of likely N-dealkylation sites (tertiary alicyclic amines) is 1. The molecule has 1 saturated heterocycles. The van der Waals surface area contributed by atoms with E-state index in [2.05, 4.69) is 36.1 Å². The Morgan fingerprint density at radius 1 is 1.19 bits per heavy atom. The summed E-state index contributed by atoms with van der Waals surface area (Å²) in [7, 11) is 0. The molecule has 0 unspecified atom stereocenters. The normalized spacial score (nSPS) is 16.6. The van der Waals surface area contributed by atoms with Crippen LogP contribution in [-0.2, 0) is 11.2 Å². The zero-order chi connectivity index (χ0) is 11.4. The van der Waals surface area contributed by atoms with Gasteiger partial charge in [0.15, 0.2) is 5.78 Å². The van der Waals surface area contributed by atoms with Crippen LogP contribution >= 0.6 is 0 Å². The van der Waals surface area contributed by atoms with Crippen LogP contribution in [0.1, 0.15) is 24.0 Å². The number of benzene rings is 1. The number of aryl methyl sites for hydroxylation is 1. The van der Waals surface area contributed by atoms with E-state index in [1.54, 1.807) is 0 Å². The van der Waals surface area contributed by atoms with Crippen molar-refractivity contribution in [1.82, 2.24) is 4.90 Å². The maximum atomic E-state index is 11.8. The van der Waals surface area contributed by atoms with Crippen LogP contribution in [0.3, 0.4) is 0 Å². The van der Waals surface area contributed by atoms with Crippen LogP contribution in [0, 0.1) is 6.92 Å². The van der Waals surface area contributed by atoms with Crippen LogP contribution in [0.4, 0.5) is 0 Å². The first-order chi connectivity index (χ1) is 7.74. The van der Waals surface area contributed by atoms with E-state index < -0.39 is 0 Å². The van der Waals surface area contributed by atoms with E-state index in [9.17, 15) is 4.79 Å². The van der Waals surface area contributed by atoms with E-state index >= 15 is 0 Å². The van der Waals surface area contributed by atoms with Crippen LogP contribution < -0.4 is 0 Å². The van der Waals surface area contributed by atoms with Gasteiger partial charge in [0.25, 0.3) is 0 Å². The fourth-order valence-electron chi connectivity index (χ4n) is 2.18. The highest BCUT2D eigenvalue weighted by atomic mass is 16.1. The van der Waals surface area contributed by atoms with E-state index in [0.717, 1.165) is 18.7 Å². The first-order valence-electron chi connectivity index (χ1n) is 6.03. The molecule has 0 atom stereocenters. The van der Waals surface area contributed by atoms with Crippen LogP contribution in [0.15, 0.2) is 24.3 Å². The molecule has 0 saturated carbocycles. The Kier molecular flexibility index (Phi) is 3.73. The highest BCUT2D eigenvalue weighted by Gasteiger charge is 2.14. The molecule has 1 fully saturated rings. The van der Waals surface area contributed by atoms with Crippen molar-refractivity contribution >= 4 is 5.78 Å². The summed E-state index contributed by atoms with van der Waals surface area (Å²) in [5, 5.41) is 0. The molecule has 0 amide bonds. The van der Waals surface area contributed by atoms with Gasteiger partial charge in [-0.2, -0.15) is 0 Å². The van der Waals surface area contributed by atoms with Gasteiger partial charge in [0.2, 0.25) is 0 Å². The minimum atomic E-state index is 0.339. The summed E-state index contributed by atoms with van der Waals surface area (Å²) >= 11 is 0. The van der Waals surface area contributed by atoms with E-state index in [0.29, 0.717) is 18.7 Å². The van der Waals surface area contributed by atoms with Gasteiger partial charge in [0.05, 0.1) is 6.54 Å². The molecule has 2 nitrogen and oxygen atoms in total. The third-order valence-electron chi connectivity index (χ3n) is 3.12. The Morgan fingerprint density at radius 2 is 1.81 bits per heavy atom. The fraction of sp³-hybridized carbons (Fsp3) is 0.500. The average molecular weight is 217 g/mol. The van der Waals surface area contributed by atoms with Crippen molar-refractivity contribution in [1.29, 1.82) is 0 Å². The monoisotopic (exact) mass is 217 g/mol. The molecular formula is C14H19NO. The standard InChI is InChI=1S/C14H19NO/c1-12-4-6-13(7-5-12)10-14(16)11-15-8-2-3-9-15/h4-7H,2-3,8-11H2,1H3. The van der Waals surface area contributed by atoms with Gasteiger partial charge in [-0.3, -0.25) is 9.69 Å². The number of hydrogen-bond acceptors (Lipinski definition) is 2. The highest BCUT2D eigenvalue weighted by Crippen LogP contribution is 2.09. The lowest BCUT2D eigenvalue weighted by Crippen LogP contribution is -2.27. The molecule has 0 bridgehead atoms. The Balaban J connectivity index is 1.84. The second-order valence-corrected chi connectivity index (χ2v) is 4.68. The predicted octanol–water partition coefficient (Wildman–Crippen LogP) is 2.20. The van der Waals surface area contributed by atoms with Crippen molar-refractivity contribution in [3.63, 3.8) is 0 Å². The van der Waals surface area contributed by atoms with E-state index in [1.165, 1.54) is 18.4 Å². The maximum absolute atomic E-state index is 11.8. The number of ketones is 1. The molecule has 1 aliphatic rings. The summed E-state index contributed by atoms with van der Waals surface area (Å²) in [6, 6.07) is 8.24. The van der Waals surface area contributed by atoms with Crippen LogP contribution in [-0.4, -0.2) is 30.3 Å². The van der Waals surface area contributed by atoms with Crippen molar-refractivity contribution in [3.05, 3.63) is 35.4 Å². The summed E-state index contributed by atoms with van der Waals surface area (Å²) < 4.78 is 0. The molecule has 0 aromatic heterocycles. The highest BCUT2D eigenvalue weighted by molar-refractivity contribution is 5.82. The van der Waals surface area contributed by atoms with Gasteiger partial charge >= 0.3 is 0 Å². The third-order valence-corrected chi connectivity index (χ3v) is 3.12. The largest absolute Gasteiger partial charge is 0.298 e. The summed E-state index contributed by atoms with van der Waals surface area (Å²) in [5.74, 6) is 0.339. The first kappa shape index (κ1) is 11.3. The number of nitrogens with zero attached hydrogens (tertiary/aromatic N) is 1. The molecule has 1 aliphatic heterocycles. The molecule has 0 radical (unpaired) electrons. The average Bonchev–Trinajstić information content (AvgIpc) is 2.74. The zero-order valence-electron chi connectivity index (χ0n) is 9.91. The second-order valence-electron chi connectivity index (χ2n) is 4.68. The molecule has 2 rings (SSSR count). The number of hydrogen-bond donors (Lipinski definition) is 0. The third kappa shape index (κ3) is 3.17. The summed E-state index contributed by atoms with van der Waals surface area (Å²) in [6.07, 6.45) is 3.08. The predicted molar refractivity (Wildman–Crippen MR) is 65.6 cm³/mol. The van der Waals surface area contributed by atoms with Crippen molar-refractivity contribution < 1.29 is 4.79 Å². The molecule has 0 aliphatic carbocycles. The maximum Gasteiger partial charge on any atom is 0.151 e. The lowest BCUT2D eigenvalue weighted by molar-refractivity contribution is -0.119. The zero-order valence-corrected chi connectivity index (χ0v) is 9.91. The molecule has 86 valence electrons. The number of rotatable bonds is 4. The smallest absolute Gasteiger partial charge is 0.151 e. The number of carbonyl (C=O) groups is 1. The van der Waals surface area contributed by atoms with Gasteiger partial charge in [0, 0.05) is 6.42 Å². The van der Waals surface area contributed by atoms with E-state index in [-0.39, 0.29) is 0 Å². The van der Waals surface area contributed by atoms with Gasteiger partial charge in [-0.15, -0.1) is 0 Å². The minimum Gasteiger partial charge on any atom is -0.298 e. The Hall–Kier alpha value is -1.15. The number of carbonyl (C=O) groups excluding carboxylic acids is 1. The molecule has 0 spiro atoms. The molecule has 2 heteroatoms. The van der Waals surface area contributed by atoms with Gasteiger partial charge in [-0.25, -0.2) is 0 Å². The van der Waals surface area contributed by atoms with Gasteiger partial charge < -0.3 is 0 Å². The Morgan fingerprint density at radius 3 is 2.44 bits per heavy atom. The Labute approximate surface area is 97.3 Å². The fourth-order valence-corrected chi connectivity index (χ4v) is 2.18. The summed E-state index contributed by atoms with van der Waals surface area (Å²) in [4.78, 5) is 14.1. The van der Waals surface area contributed by atoms with Gasteiger partial charge in [0.1, 0.15) is 0 Å². The topological polar surface area (TPSA) is 20.3 Å². The molecular weight excluding hydrogens is 198 g/mol. The first-order valence-corrected chi connectivity index (χ1v) is 6.03. The summed E-state index contributed by atoms with van der Waals surface area (Å²) in [6.45, 7) is 4.89. The summed E-state index contributed by atoms with van der Waals surface area (Å²) in [5.41, 5.74) is 2.38. The van der Waals surface area contributed by atoms with Crippen molar-refractivity contribution in [2.24, 2.45) is 0 Å². The molecule has 1 aromatic carbocycles. The molecule has 0 N–H and O–H groups in total. The van der Waals surface area contributed by atoms with Crippen LogP contribution in [0.2, 0.25) is 0 Å². The van der Waals surface area contributed by atoms with Crippen molar-refractivity contribution in [2.75, 3.05) is 19.6 Å². The number of Topliss-reactive ketones (excluding diaryl/α,β-unsaturated/α-hetero) is 1. The van der Waals surface area contributed by atoms with Gasteiger partial charge in [-0.1, -0.05) is 29.8 Å². The minimum absolute atomic E-state index is 0.339. The lowest BCUT2D eigenvalue weighted by atomic mass is 10.1. The van der Waals surface area contributed by atoms with Crippen molar-refractivity contribution in [3.8, 4) is 0 Å². The molecule has 1 aromatic rings. The van der Waals surface area contributed by atoms with Gasteiger partial charge in [-0.05, 0) is 38.4 Å². The van der Waals surface area contributed by atoms with E-state index in [1.807, 2.05) is 0 Å². The quantitative estimate of drug-likeness (QED) is 0.770. The van der Waals surface area contributed by atoms with E-state index in [4.69, 9.17) is 0 Å². The Bertz CT molecular complexity index is 350. The SMILES string of the molecule is Cc1ccc(CC(=O)CN2CCCC2)cc1. The van der Waals surface area contributed by atoms with Crippen LogP contribution in [0.5, 0.6) is 0 Å². The molecule has 1 heterocycles. The van der Waals surface area contributed by atoms with Crippen molar-refractivity contribution in [2.45, 2.75) is 26.2 Å². The van der Waals surface area contributed by atoms with Crippen LogP contribution in [0.25, 0.3) is 0 Å². The molecule has 16 heavy (non-hydrogen) atoms. The second kappa shape index (κ2) is 5.26. The lowest BCUT2D eigenvalue weighted by Gasteiger charge is -2.13.